The first-order valence-electron chi connectivity index (χ1n) is 8.99. The second-order valence-corrected chi connectivity index (χ2v) is 7.22. The van der Waals surface area contributed by atoms with E-state index in [1.807, 2.05) is 17.9 Å². The molecular formula is C18H27N5O. The summed E-state index contributed by atoms with van der Waals surface area (Å²) in [6.45, 7) is 6.91. The van der Waals surface area contributed by atoms with Gasteiger partial charge in [-0.3, -0.25) is 9.36 Å². The molecule has 24 heavy (non-hydrogen) atoms. The van der Waals surface area contributed by atoms with Crippen LogP contribution in [-0.4, -0.2) is 32.2 Å². The minimum atomic E-state index is 0.0958. The van der Waals surface area contributed by atoms with E-state index in [2.05, 4.69) is 40.1 Å². The molecule has 0 amide bonds. The molecule has 1 saturated carbocycles. The van der Waals surface area contributed by atoms with Gasteiger partial charge in [0, 0.05) is 50.2 Å². The molecule has 1 saturated heterocycles. The highest BCUT2D eigenvalue weighted by atomic mass is 16.5. The fourth-order valence-electron chi connectivity index (χ4n) is 3.74. The Kier molecular flexibility index (Phi) is 4.18. The molecule has 2 aromatic rings. The molecule has 130 valence electrons. The van der Waals surface area contributed by atoms with Crippen LogP contribution >= 0.6 is 0 Å². The number of hydrogen-bond acceptors (Lipinski definition) is 4. The van der Waals surface area contributed by atoms with Gasteiger partial charge in [-0.2, -0.15) is 10.2 Å². The van der Waals surface area contributed by atoms with E-state index in [1.54, 1.807) is 0 Å². The molecule has 6 heteroatoms. The van der Waals surface area contributed by atoms with Gasteiger partial charge in [0.2, 0.25) is 0 Å². The van der Waals surface area contributed by atoms with Gasteiger partial charge in [0.25, 0.3) is 0 Å². The third-order valence-corrected chi connectivity index (χ3v) is 5.42. The lowest BCUT2D eigenvalue weighted by molar-refractivity contribution is 0.0972. The van der Waals surface area contributed by atoms with Gasteiger partial charge in [0.15, 0.2) is 0 Å². The van der Waals surface area contributed by atoms with E-state index in [9.17, 15) is 0 Å². The number of aryl methyl sites for hydroxylation is 2. The van der Waals surface area contributed by atoms with Crippen molar-refractivity contribution < 1.29 is 4.74 Å². The summed E-state index contributed by atoms with van der Waals surface area (Å²) in [5.74, 6) is 0.840. The largest absolute Gasteiger partial charge is 0.372 e. The molecule has 0 radical (unpaired) electrons. The molecular weight excluding hydrogens is 302 g/mol. The van der Waals surface area contributed by atoms with Crippen molar-refractivity contribution in [1.82, 2.24) is 24.9 Å². The van der Waals surface area contributed by atoms with E-state index < -0.39 is 0 Å². The number of nitrogens with zero attached hydrogens (tertiary/aromatic N) is 4. The summed E-state index contributed by atoms with van der Waals surface area (Å²) in [5.41, 5.74) is 4.80. The normalized spacial score (nSPS) is 24.0. The van der Waals surface area contributed by atoms with E-state index in [0.29, 0.717) is 6.04 Å². The Morgan fingerprint density at radius 3 is 2.83 bits per heavy atom. The molecule has 0 bridgehead atoms. The summed E-state index contributed by atoms with van der Waals surface area (Å²) in [6, 6.07) is 2.46. The predicted octanol–water partition coefficient (Wildman–Crippen LogP) is 2.26. The zero-order valence-corrected chi connectivity index (χ0v) is 14.8. The van der Waals surface area contributed by atoms with Crippen LogP contribution in [0.1, 0.15) is 48.0 Å². The van der Waals surface area contributed by atoms with Gasteiger partial charge in [-0.25, -0.2) is 0 Å². The third kappa shape index (κ3) is 3.00. The number of hydrogen-bond donors (Lipinski definition) is 1. The smallest absolute Gasteiger partial charge is 0.101 e. The first kappa shape index (κ1) is 15.8. The van der Waals surface area contributed by atoms with Crippen LogP contribution in [0.5, 0.6) is 0 Å². The van der Waals surface area contributed by atoms with E-state index in [0.717, 1.165) is 37.7 Å². The second-order valence-electron chi connectivity index (χ2n) is 7.22. The van der Waals surface area contributed by atoms with Crippen molar-refractivity contribution in [3.8, 4) is 0 Å². The fraction of sp³-hybridized carbons (Fsp3) is 0.667. The Morgan fingerprint density at radius 1 is 1.29 bits per heavy atom. The Balaban J connectivity index is 1.45. The third-order valence-electron chi connectivity index (χ3n) is 5.42. The molecule has 1 aliphatic heterocycles. The van der Waals surface area contributed by atoms with Crippen molar-refractivity contribution in [2.45, 2.75) is 58.3 Å². The molecule has 3 heterocycles. The van der Waals surface area contributed by atoms with Gasteiger partial charge in [0.1, 0.15) is 6.10 Å². The highest BCUT2D eigenvalue weighted by molar-refractivity contribution is 5.29. The monoisotopic (exact) mass is 329 g/mol. The molecule has 2 atom stereocenters. The minimum Gasteiger partial charge on any atom is -0.372 e. The molecule has 1 N–H and O–H groups in total. The Morgan fingerprint density at radius 2 is 2.12 bits per heavy atom. The number of nitrogens with one attached hydrogen (secondary N) is 1. The van der Waals surface area contributed by atoms with E-state index in [4.69, 9.17) is 4.74 Å². The van der Waals surface area contributed by atoms with Gasteiger partial charge >= 0.3 is 0 Å². The van der Waals surface area contributed by atoms with Crippen LogP contribution in [0, 0.1) is 19.8 Å². The van der Waals surface area contributed by atoms with Crippen molar-refractivity contribution in [3.63, 3.8) is 0 Å². The van der Waals surface area contributed by atoms with Crippen molar-refractivity contribution >= 4 is 0 Å². The molecule has 0 aromatic carbocycles. The average Bonchev–Trinajstić information content (AvgIpc) is 2.96. The van der Waals surface area contributed by atoms with Crippen molar-refractivity contribution in [2.24, 2.45) is 13.0 Å². The Hall–Kier alpha value is -1.66. The molecule has 2 aliphatic rings. The van der Waals surface area contributed by atoms with Crippen LogP contribution < -0.4 is 5.32 Å². The molecule has 0 spiro atoms. The van der Waals surface area contributed by atoms with E-state index >= 15 is 0 Å². The minimum absolute atomic E-state index is 0.0958. The van der Waals surface area contributed by atoms with Gasteiger partial charge in [-0.15, -0.1) is 0 Å². The zero-order chi connectivity index (χ0) is 16.7. The van der Waals surface area contributed by atoms with E-state index in [-0.39, 0.29) is 6.10 Å². The summed E-state index contributed by atoms with van der Waals surface area (Å²) in [6.07, 6.45) is 5.75. The number of aromatic nitrogens is 4. The summed E-state index contributed by atoms with van der Waals surface area (Å²) < 4.78 is 10.2. The van der Waals surface area contributed by atoms with Crippen LogP contribution in [0.2, 0.25) is 0 Å². The first-order valence-corrected chi connectivity index (χ1v) is 8.99. The van der Waals surface area contributed by atoms with Crippen molar-refractivity contribution in [2.75, 3.05) is 6.61 Å². The molecule has 1 aliphatic carbocycles. The van der Waals surface area contributed by atoms with Crippen LogP contribution in [0.15, 0.2) is 12.3 Å². The Labute approximate surface area is 143 Å². The van der Waals surface area contributed by atoms with Gasteiger partial charge in [-0.05, 0) is 45.1 Å². The summed E-state index contributed by atoms with van der Waals surface area (Å²) in [7, 11) is 2.00. The highest BCUT2D eigenvalue weighted by Crippen LogP contribution is 2.33. The SMILES string of the molecule is Cc1nn(C)c(C)c1[C@@H]1OCC[C@H]1NCc1ccnn1CC1CC1. The maximum Gasteiger partial charge on any atom is 0.101 e. The summed E-state index contributed by atoms with van der Waals surface area (Å²) in [5, 5.41) is 12.7. The molecule has 2 aromatic heterocycles. The molecule has 4 rings (SSSR count). The average molecular weight is 329 g/mol. The van der Waals surface area contributed by atoms with E-state index in [1.165, 1.54) is 29.8 Å². The maximum atomic E-state index is 6.06. The fourth-order valence-corrected chi connectivity index (χ4v) is 3.74. The lowest BCUT2D eigenvalue weighted by Crippen LogP contribution is -2.32. The van der Waals surface area contributed by atoms with Crippen LogP contribution in [0.3, 0.4) is 0 Å². The van der Waals surface area contributed by atoms with Crippen LogP contribution in [0.25, 0.3) is 0 Å². The molecule has 0 unspecified atom stereocenters. The Bertz CT molecular complexity index is 715. The summed E-state index contributed by atoms with van der Waals surface area (Å²) >= 11 is 0. The lowest BCUT2D eigenvalue weighted by Gasteiger charge is -2.21. The van der Waals surface area contributed by atoms with Crippen molar-refractivity contribution in [1.29, 1.82) is 0 Å². The lowest BCUT2D eigenvalue weighted by atomic mass is 10.0. The maximum absolute atomic E-state index is 6.06. The number of ether oxygens (including phenoxy) is 1. The van der Waals surface area contributed by atoms with Gasteiger partial charge in [0.05, 0.1) is 11.4 Å². The predicted molar refractivity (Wildman–Crippen MR) is 91.6 cm³/mol. The molecule has 2 fully saturated rings. The summed E-state index contributed by atoms with van der Waals surface area (Å²) in [4.78, 5) is 0. The highest BCUT2D eigenvalue weighted by Gasteiger charge is 2.33. The topological polar surface area (TPSA) is 56.9 Å². The first-order chi connectivity index (χ1) is 11.6. The van der Waals surface area contributed by atoms with Gasteiger partial charge in [-0.1, -0.05) is 0 Å². The standard InChI is InChI=1S/C18H27N5O/c1-12-17(13(2)22(3)21-12)18-16(7-9-24-18)19-10-15-6-8-20-23(15)11-14-4-5-14/h6,8,14,16,18-19H,4-5,7,9-11H2,1-3H3/t16-,18-/m1/s1. The zero-order valence-electron chi connectivity index (χ0n) is 14.8. The quantitative estimate of drug-likeness (QED) is 0.883. The van der Waals surface area contributed by atoms with Gasteiger partial charge < -0.3 is 10.1 Å². The molecule has 6 nitrogen and oxygen atoms in total. The van der Waals surface area contributed by atoms with Crippen LogP contribution in [-0.2, 0) is 24.9 Å². The number of rotatable bonds is 6. The van der Waals surface area contributed by atoms with Crippen molar-refractivity contribution in [3.05, 3.63) is 34.9 Å². The second kappa shape index (κ2) is 6.33. The van der Waals surface area contributed by atoms with Crippen LogP contribution in [0.4, 0.5) is 0 Å².